The van der Waals surface area contributed by atoms with Crippen LogP contribution in [0.5, 0.6) is 5.75 Å². The van der Waals surface area contributed by atoms with Gasteiger partial charge >= 0.3 is 0 Å². The predicted molar refractivity (Wildman–Crippen MR) is 74.9 cm³/mol. The molecular weight excluding hydrogens is 278 g/mol. The van der Waals surface area contributed by atoms with Crippen molar-refractivity contribution in [3.8, 4) is 5.75 Å². The normalized spacial score (nSPS) is 10.2. The monoisotopic (exact) mass is 292 g/mol. The van der Waals surface area contributed by atoms with Crippen LogP contribution in [0.15, 0.2) is 36.4 Å². The summed E-state index contributed by atoms with van der Waals surface area (Å²) in [6, 6.07) is 8.10. The molecule has 110 valence electrons. The van der Waals surface area contributed by atoms with E-state index in [1.165, 1.54) is 25.3 Å². The van der Waals surface area contributed by atoms with Gasteiger partial charge in [0.2, 0.25) is 0 Å². The van der Waals surface area contributed by atoms with Gasteiger partial charge in [0.05, 0.1) is 12.7 Å². The summed E-state index contributed by atoms with van der Waals surface area (Å²) in [4.78, 5) is 12.1. The summed E-state index contributed by atoms with van der Waals surface area (Å²) in [5.74, 6) is -1.92. The van der Waals surface area contributed by atoms with E-state index in [1.807, 2.05) is 0 Å². The minimum Gasteiger partial charge on any atom is -0.496 e. The summed E-state index contributed by atoms with van der Waals surface area (Å²) in [5, 5.41) is 2.61. The van der Waals surface area contributed by atoms with Gasteiger partial charge in [0.1, 0.15) is 5.75 Å². The van der Waals surface area contributed by atoms with Crippen molar-refractivity contribution < 1.29 is 18.3 Å². The number of benzene rings is 2. The molecule has 0 heterocycles. The van der Waals surface area contributed by atoms with Crippen molar-refractivity contribution in [1.29, 1.82) is 0 Å². The van der Waals surface area contributed by atoms with Gasteiger partial charge < -0.3 is 15.8 Å². The number of methoxy groups -OCH3 is 1. The number of amides is 1. The molecule has 0 bridgehead atoms. The fourth-order valence-corrected chi connectivity index (χ4v) is 1.82. The summed E-state index contributed by atoms with van der Waals surface area (Å²) in [7, 11) is 1.43. The number of hydrogen-bond acceptors (Lipinski definition) is 3. The zero-order valence-corrected chi connectivity index (χ0v) is 11.3. The molecule has 21 heavy (non-hydrogen) atoms. The molecular formula is C15H14F2N2O2. The number of ether oxygens (including phenoxy) is 1. The van der Waals surface area contributed by atoms with Crippen LogP contribution in [-0.4, -0.2) is 13.0 Å². The van der Waals surface area contributed by atoms with Gasteiger partial charge in [-0.25, -0.2) is 8.78 Å². The number of carbonyl (C=O) groups excluding carboxylic acids is 1. The van der Waals surface area contributed by atoms with Crippen LogP contribution in [0, 0.1) is 11.6 Å². The van der Waals surface area contributed by atoms with Gasteiger partial charge in [-0.15, -0.1) is 0 Å². The first-order chi connectivity index (χ1) is 10.0. The van der Waals surface area contributed by atoms with E-state index in [9.17, 15) is 13.6 Å². The summed E-state index contributed by atoms with van der Waals surface area (Å²) < 4.78 is 31.0. The topological polar surface area (TPSA) is 64.3 Å². The summed E-state index contributed by atoms with van der Waals surface area (Å²) in [6.45, 7) is 0.0730. The van der Waals surface area contributed by atoms with E-state index in [4.69, 9.17) is 10.5 Å². The molecule has 0 aromatic heterocycles. The van der Waals surface area contributed by atoms with Crippen LogP contribution in [-0.2, 0) is 6.54 Å². The highest BCUT2D eigenvalue weighted by molar-refractivity contribution is 5.97. The van der Waals surface area contributed by atoms with Crippen LogP contribution >= 0.6 is 0 Å². The average molecular weight is 292 g/mol. The Morgan fingerprint density at radius 3 is 2.62 bits per heavy atom. The quantitative estimate of drug-likeness (QED) is 0.851. The van der Waals surface area contributed by atoms with Gasteiger partial charge in [-0.3, -0.25) is 4.79 Å². The Kier molecular flexibility index (Phi) is 4.37. The molecule has 0 spiro atoms. The molecule has 2 aromatic rings. The maximum Gasteiger partial charge on any atom is 0.255 e. The van der Waals surface area contributed by atoms with E-state index in [-0.39, 0.29) is 6.54 Å². The highest BCUT2D eigenvalue weighted by Gasteiger charge is 2.12. The first-order valence-electron chi connectivity index (χ1n) is 6.17. The Labute approximate surface area is 120 Å². The van der Waals surface area contributed by atoms with E-state index in [0.29, 0.717) is 22.6 Å². The van der Waals surface area contributed by atoms with E-state index in [2.05, 4.69) is 5.32 Å². The fourth-order valence-electron chi connectivity index (χ4n) is 1.82. The number of anilines is 1. The summed E-state index contributed by atoms with van der Waals surface area (Å²) in [5.41, 5.74) is 6.86. The van der Waals surface area contributed by atoms with Crippen molar-refractivity contribution in [2.45, 2.75) is 6.54 Å². The Bertz CT molecular complexity index is 675. The number of carbonyl (C=O) groups is 1. The SMILES string of the molecule is COc1cc(N)ccc1C(=O)NCc1ccc(F)c(F)c1. The first kappa shape index (κ1) is 14.8. The molecule has 1 amide bonds. The highest BCUT2D eigenvalue weighted by atomic mass is 19.2. The van der Waals surface area contributed by atoms with Crippen molar-refractivity contribution in [2.75, 3.05) is 12.8 Å². The molecule has 0 fully saturated rings. The van der Waals surface area contributed by atoms with E-state index in [0.717, 1.165) is 12.1 Å². The number of nitrogens with one attached hydrogen (secondary N) is 1. The number of nitrogens with two attached hydrogens (primary N) is 1. The van der Waals surface area contributed by atoms with Gasteiger partial charge in [-0.2, -0.15) is 0 Å². The minimum absolute atomic E-state index is 0.0730. The first-order valence-corrected chi connectivity index (χ1v) is 6.17. The summed E-state index contributed by atoms with van der Waals surface area (Å²) in [6.07, 6.45) is 0. The third-order valence-electron chi connectivity index (χ3n) is 2.91. The molecule has 0 aliphatic heterocycles. The number of hydrogen-bond donors (Lipinski definition) is 2. The molecule has 0 unspecified atom stereocenters. The molecule has 0 aliphatic rings. The van der Waals surface area contributed by atoms with Crippen molar-refractivity contribution in [3.05, 3.63) is 59.2 Å². The van der Waals surface area contributed by atoms with Crippen LogP contribution in [0.1, 0.15) is 15.9 Å². The van der Waals surface area contributed by atoms with Crippen molar-refractivity contribution in [1.82, 2.24) is 5.32 Å². The van der Waals surface area contributed by atoms with Crippen molar-refractivity contribution >= 4 is 11.6 Å². The van der Waals surface area contributed by atoms with E-state index < -0.39 is 17.5 Å². The van der Waals surface area contributed by atoms with E-state index >= 15 is 0 Å². The van der Waals surface area contributed by atoms with Crippen LogP contribution in [0.3, 0.4) is 0 Å². The Morgan fingerprint density at radius 2 is 1.95 bits per heavy atom. The number of rotatable bonds is 4. The number of nitrogen functional groups attached to an aromatic ring is 1. The zero-order chi connectivity index (χ0) is 15.4. The lowest BCUT2D eigenvalue weighted by molar-refractivity contribution is 0.0948. The molecule has 2 aromatic carbocycles. The second-order valence-electron chi connectivity index (χ2n) is 4.39. The van der Waals surface area contributed by atoms with Gasteiger partial charge in [-0.05, 0) is 29.8 Å². The lowest BCUT2D eigenvalue weighted by Gasteiger charge is -2.10. The highest BCUT2D eigenvalue weighted by Crippen LogP contribution is 2.21. The maximum atomic E-state index is 13.1. The molecule has 0 aliphatic carbocycles. The van der Waals surface area contributed by atoms with Crippen LogP contribution in [0.4, 0.5) is 14.5 Å². The summed E-state index contributed by atoms with van der Waals surface area (Å²) >= 11 is 0. The van der Waals surface area contributed by atoms with Crippen LogP contribution < -0.4 is 15.8 Å². The maximum absolute atomic E-state index is 13.1. The van der Waals surface area contributed by atoms with Gasteiger partial charge in [0, 0.05) is 18.3 Å². The largest absolute Gasteiger partial charge is 0.496 e. The Morgan fingerprint density at radius 1 is 1.19 bits per heavy atom. The zero-order valence-electron chi connectivity index (χ0n) is 11.3. The van der Waals surface area contributed by atoms with Crippen molar-refractivity contribution in [3.63, 3.8) is 0 Å². The standard InChI is InChI=1S/C15H14F2N2O2/c1-21-14-7-10(18)3-4-11(14)15(20)19-8-9-2-5-12(16)13(17)6-9/h2-7H,8,18H2,1H3,(H,19,20). The molecule has 4 nitrogen and oxygen atoms in total. The lowest BCUT2D eigenvalue weighted by Crippen LogP contribution is -2.23. The van der Waals surface area contributed by atoms with Gasteiger partial charge in [0.15, 0.2) is 11.6 Å². The molecule has 3 N–H and O–H groups in total. The third-order valence-corrected chi connectivity index (χ3v) is 2.91. The minimum atomic E-state index is -0.952. The second kappa shape index (κ2) is 6.21. The predicted octanol–water partition coefficient (Wildman–Crippen LogP) is 2.49. The third kappa shape index (κ3) is 3.47. The molecule has 2 rings (SSSR count). The van der Waals surface area contributed by atoms with Crippen LogP contribution in [0.25, 0.3) is 0 Å². The van der Waals surface area contributed by atoms with Crippen molar-refractivity contribution in [2.24, 2.45) is 0 Å². The molecule has 6 heteroatoms. The molecule has 0 radical (unpaired) electrons. The number of halogens is 2. The fraction of sp³-hybridized carbons (Fsp3) is 0.133. The Hall–Kier alpha value is -2.63. The second-order valence-corrected chi connectivity index (χ2v) is 4.39. The molecule has 0 saturated heterocycles. The molecule has 0 atom stereocenters. The smallest absolute Gasteiger partial charge is 0.255 e. The van der Waals surface area contributed by atoms with Gasteiger partial charge in [0.25, 0.3) is 5.91 Å². The Balaban J connectivity index is 2.09. The average Bonchev–Trinajstić information content (AvgIpc) is 2.48. The van der Waals surface area contributed by atoms with Crippen LogP contribution in [0.2, 0.25) is 0 Å². The van der Waals surface area contributed by atoms with E-state index in [1.54, 1.807) is 6.07 Å². The molecule has 0 saturated carbocycles. The van der Waals surface area contributed by atoms with Gasteiger partial charge in [-0.1, -0.05) is 6.07 Å². The lowest BCUT2D eigenvalue weighted by atomic mass is 10.1.